The van der Waals surface area contributed by atoms with Gasteiger partial charge in [0, 0.05) is 0 Å². The van der Waals surface area contributed by atoms with Crippen molar-refractivity contribution in [2.24, 2.45) is 0 Å². The molecule has 0 fully saturated rings. The van der Waals surface area contributed by atoms with E-state index >= 15 is 0 Å². The lowest BCUT2D eigenvalue weighted by atomic mass is 10.2. The molecular weight excluding hydrogens is 150 g/mol. The van der Waals surface area contributed by atoms with Gasteiger partial charge >= 0.3 is 5.97 Å². The zero-order valence-corrected chi connectivity index (χ0v) is 6.69. The molecule has 0 radical (unpaired) electrons. The molecule has 0 bridgehead atoms. The number of likely N-dealkylation sites (N-methyl/N-ethyl adjacent to an activating group) is 1. The number of aliphatic hydroxyl groups is 1. The predicted octanol–water partition coefficient (Wildman–Crippen LogP) is -0.712. The van der Waals surface area contributed by atoms with Crippen LogP contribution in [-0.2, 0) is 4.79 Å². The molecule has 0 aliphatic heterocycles. The fraction of sp³-hybridized carbons (Fsp3) is 0.833. The molecule has 1 unspecified atom stereocenters. The van der Waals surface area contributed by atoms with Crippen LogP contribution < -0.4 is 0 Å². The van der Waals surface area contributed by atoms with Crippen molar-refractivity contribution in [3.05, 3.63) is 0 Å². The molecule has 1 atom stereocenters. The average molecular weight is 164 g/mol. The van der Waals surface area contributed by atoms with Crippen LogP contribution >= 0.6 is 0 Å². The SMILES string of the molecule is C[N+](C)(O)CC(O)CC(=O)O. The van der Waals surface area contributed by atoms with Crippen molar-refractivity contribution in [3.8, 4) is 0 Å². The highest BCUT2D eigenvalue weighted by atomic mass is 16.5. The summed E-state index contributed by atoms with van der Waals surface area (Å²) in [6.45, 7) is 0.0201. The molecule has 5 heteroatoms. The molecule has 0 aliphatic rings. The topological polar surface area (TPSA) is 77.8 Å². The molecule has 0 aromatic heterocycles. The van der Waals surface area contributed by atoms with Crippen LogP contribution in [0.5, 0.6) is 0 Å². The molecule has 0 aliphatic carbocycles. The fourth-order valence-electron chi connectivity index (χ4n) is 0.782. The van der Waals surface area contributed by atoms with Crippen molar-refractivity contribution in [2.75, 3.05) is 20.6 Å². The average Bonchev–Trinajstić information content (AvgIpc) is 1.53. The minimum absolute atomic E-state index is 0.0201. The van der Waals surface area contributed by atoms with Crippen molar-refractivity contribution < 1.29 is 24.9 Å². The molecule has 0 amide bonds. The summed E-state index contributed by atoms with van der Waals surface area (Å²) in [4.78, 5) is 10.0. The number of quaternary nitrogens is 1. The van der Waals surface area contributed by atoms with Crippen LogP contribution in [0.15, 0.2) is 0 Å². The second-order valence-electron chi connectivity index (χ2n) is 3.06. The zero-order chi connectivity index (χ0) is 9.07. The first-order valence-corrected chi connectivity index (χ1v) is 3.27. The summed E-state index contributed by atoms with van der Waals surface area (Å²) in [5.74, 6) is -1.06. The van der Waals surface area contributed by atoms with Gasteiger partial charge in [0.15, 0.2) is 0 Å². The van der Waals surface area contributed by atoms with E-state index in [0.717, 1.165) is 0 Å². The Hall–Kier alpha value is -0.650. The van der Waals surface area contributed by atoms with Gasteiger partial charge in [-0.1, -0.05) is 0 Å². The number of aliphatic carboxylic acids is 1. The van der Waals surface area contributed by atoms with Crippen LogP contribution in [0.1, 0.15) is 6.42 Å². The first kappa shape index (κ1) is 10.3. The molecule has 66 valence electrons. The van der Waals surface area contributed by atoms with E-state index < -0.39 is 16.7 Å². The van der Waals surface area contributed by atoms with Gasteiger partial charge in [0.2, 0.25) is 0 Å². The highest BCUT2D eigenvalue weighted by Gasteiger charge is 2.20. The minimum atomic E-state index is -1.06. The van der Waals surface area contributed by atoms with Crippen molar-refractivity contribution in [1.29, 1.82) is 0 Å². The summed E-state index contributed by atoms with van der Waals surface area (Å²) >= 11 is 0. The fourth-order valence-corrected chi connectivity index (χ4v) is 0.782. The standard InChI is InChI=1S/C6H13NO4/c1-7(2,11)4-5(8)3-6(9)10/h5,8,11H,3-4H2,1-2H3/p+1. The number of nitrogens with zero attached hydrogens (tertiary/aromatic N) is 1. The summed E-state index contributed by atoms with van der Waals surface area (Å²) < 4.78 is -0.422. The maximum absolute atomic E-state index is 10.0. The van der Waals surface area contributed by atoms with E-state index in [0.29, 0.717) is 0 Å². The monoisotopic (exact) mass is 164 g/mol. The van der Waals surface area contributed by atoms with Crippen LogP contribution in [0.4, 0.5) is 0 Å². The lowest BCUT2D eigenvalue weighted by Crippen LogP contribution is -2.42. The Balaban J connectivity index is 3.69. The van der Waals surface area contributed by atoms with Crippen LogP contribution in [-0.4, -0.2) is 52.8 Å². The number of carboxylic acids is 1. The third-order valence-electron chi connectivity index (χ3n) is 1.07. The second kappa shape index (κ2) is 3.66. The van der Waals surface area contributed by atoms with E-state index in [-0.39, 0.29) is 13.0 Å². The van der Waals surface area contributed by atoms with E-state index in [1.54, 1.807) is 0 Å². The first-order valence-electron chi connectivity index (χ1n) is 3.27. The summed E-state index contributed by atoms with van der Waals surface area (Å²) in [7, 11) is 2.93. The molecule has 0 heterocycles. The number of aliphatic hydroxyl groups excluding tert-OH is 1. The van der Waals surface area contributed by atoms with Crippen LogP contribution in [0, 0.1) is 0 Å². The van der Waals surface area contributed by atoms with E-state index in [1.807, 2.05) is 0 Å². The molecular formula is C6H14NO4+. The van der Waals surface area contributed by atoms with E-state index in [9.17, 15) is 4.79 Å². The van der Waals surface area contributed by atoms with Gasteiger partial charge in [-0.3, -0.25) is 4.79 Å². The van der Waals surface area contributed by atoms with E-state index in [4.69, 9.17) is 15.4 Å². The van der Waals surface area contributed by atoms with Crippen LogP contribution in [0.3, 0.4) is 0 Å². The third kappa shape index (κ3) is 7.24. The highest BCUT2D eigenvalue weighted by Crippen LogP contribution is 1.98. The molecule has 0 saturated heterocycles. The van der Waals surface area contributed by atoms with Gasteiger partial charge in [-0.2, -0.15) is 4.65 Å². The zero-order valence-electron chi connectivity index (χ0n) is 6.69. The Kier molecular flexibility index (Phi) is 3.44. The van der Waals surface area contributed by atoms with Gasteiger partial charge in [0.1, 0.15) is 12.6 Å². The summed E-state index contributed by atoms with van der Waals surface area (Å²) in [5, 5.41) is 26.3. The summed E-state index contributed by atoms with van der Waals surface area (Å²) in [6, 6.07) is 0. The first-order chi connectivity index (χ1) is 4.81. The van der Waals surface area contributed by atoms with Crippen molar-refractivity contribution in [3.63, 3.8) is 0 Å². The van der Waals surface area contributed by atoms with Gasteiger partial charge in [0.25, 0.3) is 0 Å². The van der Waals surface area contributed by atoms with E-state index in [2.05, 4.69) is 0 Å². The predicted molar refractivity (Wildman–Crippen MR) is 37.0 cm³/mol. The van der Waals surface area contributed by atoms with Gasteiger partial charge in [-0.15, -0.1) is 0 Å². The molecule has 5 nitrogen and oxygen atoms in total. The molecule has 0 aromatic carbocycles. The van der Waals surface area contributed by atoms with E-state index in [1.165, 1.54) is 14.1 Å². The Morgan fingerprint density at radius 1 is 1.55 bits per heavy atom. The Morgan fingerprint density at radius 2 is 2.00 bits per heavy atom. The van der Waals surface area contributed by atoms with Gasteiger partial charge in [-0.25, -0.2) is 5.21 Å². The number of carboxylic acid groups (broad SMARTS) is 1. The number of rotatable bonds is 4. The summed E-state index contributed by atoms with van der Waals surface area (Å²) in [5.41, 5.74) is 0. The maximum Gasteiger partial charge on any atom is 0.306 e. The molecule has 11 heavy (non-hydrogen) atoms. The largest absolute Gasteiger partial charge is 0.481 e. The second-order valence-corrected chi connectivity index (χ2v) is 3.06. The number of hydrogen-bond donors (Lipinski definition) is 3. The van der Waals surface area contributed by atoms with Crippen LogP contribution in [0.25, 0.3) is 0 Å². The Bertz CT molecular complexity index is 140. The Labute approximate surface area is 65.0 Å². The quantitative estimate of drug-likeness (QED) is 0.379. The lowest BCUT2D eigenvalue weighted by molar-refractivity contribution is -1.07. The smallest absolute Gasteiger partial charge is 0.306 e. The van der Waals surface area contributed by atoms with Crippen molar-refractivity contribution >= 4 is 5.97 Å². The normalized spacial score (nSPS) is 14.5. The lowest BCUT2D eigenvalue weighted by Gasteiger charge is -2.21. The maximum atomic E-state index is 10.0. The summed E-state index contributed by atoms with van der Waals surface area (Å²) in [6.07, 6.45) is -1.32. The van der Waals surface area contributed by atoms with Gasteiger partial charge < -0.3 is 10.2 Å². The van der Waals surface area contributed by atoms with Gasteiger partial charge in [0.05, 0.1) is 20.5 Å². The molecule has 3 N–H and O–H groups in total. The number of hydroxylamine groups is 3. The molecule has 0 rings (SSSR count). The number of carbonyl (C=O) groups is 1. The highest BCUT2D eigenvalue weighted by molar-refractivity contribution is 5.67. The third-order valence-corrected chi connectivity index (χ3v) is 1.07. The van der Waals surface area contributed by atoms with Crippen molar-refractivity contribution in [1.82, 2.24) is 0 Å². The molecule has 0 spiro atoms. The number of hydrogen-bond acceptors (Lipinski definition) is 3. The van der Waals surface area contributed by atoms with Crippen LogP contribution in [0.2, 0.25) is 0 Å². The van der Waals surface area contributed by atoms with Crippen molar-refractivity contribution in [2.45, 2.75) is 12.5 Å². The Morgan fingerprint density at radius 3 is 2.27 bits per heavy atom. The molecule has 0 saturated carbocycles. The minimum Gasteiger partial charge on any atom is -0.481 e. The molecule has 0 aromatic rings. The van der Waals surface area contributed by atoms with Gasteiger partial charge in [-0.05, 0) is 0 Å².